The fraction of sp³-hybridized carbons (Fsp3) is 0.381. The van der Waals surface area contributed by atoms with E-state index in [0.717, 1.165) is 30.0 Å². The van der Waals surface area contributed by atoms with Crippen LogP contribution in [0.15, 0.2) is 48.5 Å². The van der Waals surface area contributed by atoms with E-state index >= 15 is 0 Å². The number of aliphatic carboxylic acids is 1. The van der Waals surface area contributed by atoms with Gasteiger partial charge in [-0.1, -0.05) is 18.2 Å². The van der Waals surface area contributed by atoms with Crippen LogP contribution in [0.3, 0.4) is 0 Å². The molecule has 0 bridgehead atoms. The van der Waals surface area contributed by atoms with Crippen LogP contribution >= 0.6 is 0 Å². The van der Waals surface area contributed by atoms with E-state index in [4.69, 9.17) is 9.47 Å². The lowest BCUT2D eigenvalue weighted by Crippen LogP contribution is -2.25. The minimum atomic E-state index is -0.834. The highest BCUT2D eigenvalue weighted by atomic mass is 19.1. The Bertz CT molecular complexity index is 782. The maximum Gasteiger partial charge on any atom is 0.308 e. The van der Waals surface area contributed by atoms with Gasteiger partial charge in [-0.05, 0) is 36.2 Å². The van der Waals surface area contributed by atoms with Crippen LogP contribution in [0.2, 0.25) is 0 Å². The van der Waals surface area contributed by atoms with Gasteiger partial charge in [-0.15, -0.1) is 0 Å². The number of hydrogen-bond acceptors (Lipinski definition) is 4. The molecule has 5 nitrogen and oxygen atoms in total. The molecule has 2 aromatic rings. The van der Waals surface area contributed by atoms with Gasteiger partial charge in [-0.2, -0.15) is 0 Å². The molecule has 0 unspecified atom stereocenters. The third-order valence-electron chi connectivity index (χ3n) is 4.92. The Hall–Kier alpha value is -2.60. The molecule has 0 radical (unpaired) electrons. The molecule has 0 aromatic heterocycles. The average molecular weight is 373 g/mol. The summed E-state index contributed by atoms with van der Waals surface area (Å²) in [6.45, 7) is 2.35. The maximum absolute atomic E-state index is 13.5. The molecule has 1 heterocycles. The molecule has 0 aliphatic carbocycles. The molecule has 2 aromatic carbocycles. The standard InChI is InChI=1S/C21H24FNO4/c1-26-17-7-3-8-18(12-17)27-10-4-9-23-13-19(20(14-23)21(24)25)15-5-2-6-16(22)11-15/h2-3,5-8,11-12,19-20H,4,9-10,13-14H2,1H3,(H,24,25)/t19-,20+/m0/s1. The van der Waals surface area contributed by atoms with Crippen molar-refractivity contribution in [3.63, 3.8) is 0 Å². The number of carboxylic acid groups (broad SMARTS) is 1. The zero-order chi connectivity index (χ0) is 19.2. The third kappa shape index (κ3) is 4.98. The minimum absolute atomic E-state index is 0.197. The molecule has 2 atom stereocenters. The van der Waals surface area contributed by atoms with Gasteiger partial charge in [-0.3, -0.25) is 4.79 Å². The van der Waals surface area contributed by atoms with Crippen molar-refractivity contribution in [2.24, 2.45) is 5.92 Å². The number of benzene rings is 2. The van der Waals surface area contributed by atoms with Crippen LogP contribution in [-0.2, 0) is 4.79 Å². The highest BCUT2D eigenvalue weighted by molar-refractivity contribution is 5.72. The molecule has 6 heteroatoms. The van der Waals surface area contributed by atoms with Crippen molar-refractivity contribution in [2.45, 2.75) is 12.3 Å². The number of methoxy groups -OCH3 is 1. The smallest absolute Gasteiger partial charge is 0.308 e. The average Bonchev–Trinajstić information content (AvgIpc) is 3.10. The van der Waals surface area contributed by atoms with Gasteiger partial charge in [0.1, 0.15) is 17.3 Å². The molecule has 1 N–H and O–H groups in total. The van der Waals surface area contributed by atoms with Gasteiger partial charge in [-0.25, -0.2) is 4.39 Å². The number of likely N-dealkylation sites (tertiary alicyclic amines) is 1. The predicted octanol–water partition coefficient (Wildman–Crippen LogP) is 3.40. The van der Waals surface area contributed by atoms with Crippen molar-refractivity contribution in [3.05, 3.63) is 59.9 Å². The van der Waals surface area contributed by atoms with Crippen LogP contribution in [0.1, 0.15) is 17.9 Å². The number of carboxylic acids is 1. The molecule has 27 heavy (non-hydrogen) atoms. The molecule has 144 valence electrons. The molecular formula is C21H24FNO4. The summed E-state index contributed by atoms with van der Waals surface area (Å²) < 4.78 is 24.4. The molecule has 1 saturated heterocycles. The van der Waals surface area contributed by atoms with Crippen LogP contribution in [0.5, 0.6) is 11.5 Å². The summed E-state index contributed by atoms with van der Waals surface area (Å²) in [6, 6.07) is 13.7. The largest absolute Gasteiger partial charge is 0.497 e. The van der Waals surface area contributed by atoms with Crippen LogP contribution in [-0.4, -0.2) is 49.3 Å². The van der Waals surface area contributed by atoms with Crippen molar-refractivity contribution in [1.29, 1.82) is 0 Å². The lowest BCUT2D eigenvalue weighted by atomic mass is 9.89. The lowest BCUT2D eigenvalue weighted by molar-refractivity contribution is -0.141. The third-order valence-corrected chi connectivity index (χ3v) is 4.92. The SMILES string of the molecule is COc1cccc(OCCCN2C[C@@H](C(=O)O)[C@H](c3cccc(F)c3)C2)c1. The van der Waals surface area contributed by atoms with E-state index < -0.39 is 11.9 Å². The van der Waals surface area contributed by atoms with E-state index in [1.165, 1.54) is 12.1 Å². The molecule has 1 fully saturated rings. The summed E-state index contributed by atoms with van der Waals surface area (Å²) in [4.78, 5) is 13.7. The molecule has 1 aliphatic heterocycles. The Labute approximate surface area is 158 Å². The second-order valence-electron chi connectivity index (χ2n) is 6.75. The summed E-state index contributed by atoms with van der Waals surface area (Å²) >= 11 is 0. The van der Waals surface area contributed by atoms with Gasteiger partial charge >= 0.3 is 5.97 Å². The fourth-order valence-electron chi connectivity index (χ4n) is 3.56. The van der Waals surface area contributed by atoms with Crippen LogP contribution in [0, 0.1) is 11.7 Å². The van der Waals surface area contributed by atoms with Gasteiger partial charge in [0.15, 0.2) is 0 Å². The van der Waals surface area contributed by atoms with E-state index in [1.54, 1.807) is 19.2 Å². The summed E-state index contributed by atoms with van der Waals surface area (Å²) in [5.74, 6) is -0.393. The highest BCUT2D eigenvalue weighted by Crippen LogP contribution is 2.33. The van der Waals surface area contributed by atoms with Gasteiger partial charge in [0, 0.05) is 31.6 Å². The Morgan fingerprint density at radius 2 is 1.96 bits per heavy atom. The number of nitrogens with zero attached hydrogens (tertiary/aromatic N) is 1. The summed E-state index contributed by atoms with van der Waals surface area (Å²) in [6.07, 6.45) is 0.777. The summed E-state index contributed by atoms with van der Waals surface area (Å²) in [5, 5.41) is 9.54. The Kier molecular flexibility index (Phi) is 6.29. The second-order valence-corrected chi connectivity index (χ2v) is 6.75. The lowest BCUT2D eigenvalue weighted by Gasteiger charge is -2.16. The van der Waals surface area contributed by atoms with E-state index in [9.17, 15) is 14.3 Å². The van der Waals surface area contributed by atoms with Crippen molar-refractivity contribution in [3.8, 4) is 11.5 Å². The van der Waals surface area contributed by atoms with Gasteiger partial charge in [0.2, 0.25) is 0 Å². The first-order valence-corrected chi connectivity index (χ1v) is 9.04. The van der Waals surface area contributed by atoms with Crippen LogP contribution < -0.4 is 9.47 Å². The zero-order valence-corrected chi connectivity index (χ0v) is 15.3. The van der Waals surface area contributed by atoms with Crippen LogP contribution in [0.25, 0.3) is 0 Å². The summed E-state index contributed by atoms with van der Waals surface area (Å²) in [5.41, 5.74) is 0.748. The molecule has 1 aliphatic rings. The van der Waals surface area contributed by atoms with Crippen molar-refractivity contribution in [1.82, 2.24) is 4.90 Å². The molecular weight excluding hydrogens is 349 g/mol. The van der Waals surface area contributed by atoms with Crippen molar-refractivity contribution in [2.75, 3.05) is 33.4 Å². The van der Waals surface area contributed by atoms with Gasteiger partial charge in [0.05, 0.1) is 19.6 Å². The first-order valence-electron chi connectivity index (χ1n) is 9.04. The Morgan fingerprint density at radius 3 is 2.70 bits per heavy atom. The fourth-order valence-corrected chi connectivity index (χ4v) is 3.56. The maximum atomic E-state index is 13.5. The number of rotatable bonds is 8. The van der Waals surface area contributed by atoms with E-state index in [-0.39, 0.29) is 11.7 Å². The number of hydrogen-bond donors (Lipinski definition) is 1. The van der Waals surface area contributed by atoms with E-state index in [1.807, 2.05) is 24.3 Å². The second kappa shape index (κ2) is 8.86. The normalized spacial score (nSPS) is 19.8. The molecule has 0 spiro atoms. The minimum Gasteiger partial charge on any atom is -0.497 e. The molecule has 0 amide bonds. The molecule has 3 rings (SSSR count). The quantitative estimate of drug-likeness (QED) is 0.719. The highest BCUT2D eigenvalue weighted by Gasteiger charge is 2.38. The van der Waals surface area contributed by atoms with Gasteiger partial charge in [0.25, 0.3) is 0 Å². The number of ether oxygens (including phenoxy) is 2. The topological polar surface area (TPSA) is 59.0 Å². The summed E-state index contributed by atoms with van der Waals surface area (Å²) in [7, 11) is 1.61. The number of carbonyl (C=O) groups is 1. The Morgan fingerprint density at radius 1 is 1.19 bits per heavy atom. The van der Waals surface area contributed by atoms with Crippen molar-refractivity contribution >= 4 is 5.97 Å². The monoisotopic (exact) mass is 373 g/mol. The first-order chi connectivity index (χ1) is 13.1. The van der Waals surface area contributed by atoms with Gasteiger partial charge < -0.3 is 19.5 Å². The van der Waals surface area contributed by atoms with Crippen molar-refractivity contribution < 1.29 is 23.8 Å². The first kappa shape index (κ1) is 19.2. The number of halogens is 1. The van der Waals surface area contributed by atoms with E-state index in [2.05, 4.69) is 4.90 Å². The predicted molar refractivity (Wildman–Crippen MR) is 99.8 cm³/mol. The van der Waals surface area contributed by atoms with E-state index in [0.29, 0.717) is 19.7 Å². The van der Waals surface area contributed by atoms with Crippen LogP contribution in [0.4, 0.5) is 4.39 Å². The molecule has 0 saturated carbocycles. The zero-order valence-electron chi connectivity index (χ0n) is 15.3. The Balaban J connectivity index is 1.52.